The zero-order valence-electron chi connectivity index (χ0n) is 15.5. The van der Waals surface area contributed by atoms with Gasteiger partial charge in [0.05, 0.1) is 12.5 Å². The summed E-state index contributed by atoms with van der Waals surface area (Å²) in [5.74, 6) is 0.898. The molecule has 0 saturated heterocycles. The first-order valence-electron chi connectivity index (χ1n) is 8.57. The van der Waals surface area contributed by atoms with Crippen LogP contribution >= 0.6 is 0 Å². The summed E-state index contributed by atoms with van der Waals surface area (Å²) < 4.78 is 12.3. The van der Waals surface area contributed by atoms with Gasteiger partial charge >= 0.3 is 6.09 Å². The molecule has 142 valence electrons. The van der Waals surface area contributed by atoms with E-state index >= 15 is 0 Å². The highest BCUT2D eigenvalue weighted by atomic mass is 16.6. The molecule has 3 aromatic rings. The van der Waals surface area contributed by atoms with Gasteiger partial charge in [-0.3, -0.25) is 0 Å². The molecule has 1 unspecified atom stereocenters. The average Bonchev–Trinajstić information content (AvgIpc) is 3.26. The maximum atomic E-state index is 12.2. The fraction of sp³-hybridized carbons (Fsp3) is 0.389. The van der Waals surface area contributed by atoms with Crippen molar-refractivity contribution < 1.29 is 14.1 Å². The molecule has 0 radical (unpaired) electrons. The van der Waals surface area contributed by atoms with Gasteiger partial charge in [0.2, 0.25) is 5.89 Å². The first-order chi connectivity index (χ1) is 12.9. The van der Waals surface area contributed by atoms with Crippen LogP contribution in [0.2, 0.25) is 0 Å². The van der Waals surface area contributed by atoms with Crippen LogP contribution in [0.3, 0.4) is 0 Å². The number of ether oxygens (including phenoxy) is 1. The lowest BCUT2D eigenvalue weighted by atomic mass is 10.0. The number of alkyl carbamates (subject to hydrolysis) is 1. The van der Waals surface area contributed by atoms with Crippen molar-refractivity contribution in [2.45, 2.75) is 45.4 Å². The van der Waals surface area contributed by atoms with Crippen LogP contribution in [0.25, 0.3) is 0 Å². The summed E-state index contributed by atoms with van der Waals surface area (Å²) in [6, 6.07) is 9.22. The van der Waals surface area contributed by atoms with Crippen LogP contribution in [0, 0.1) is 0 Å². The number of nitrogens with one attached hydrogen (secondary N) is 1. The Morgan fingerprint density at radius 2 is 2.07 bits per heavy atom. The average molecular weight is 370 g/mol. The molecule has 0 aliphatic carbocycles. The Bertz CT molecular complexity index is 855. The maximum Gasteiger partial charge on any atom is 0.408 e. The number of hydrogen-bond acceptors (Lipinski definition) is 7. The van der Waals surface area contributed by atoms with Crippen LogP contribution in [0.4, 0.5) is 4.79 Å². The van der Waals surface area contributed by atoms with E-state index in [4.69, 9.17) is 9.26 Å². The van der Waals surface area contributed by atoms with Crippen molar-refractivity contribution >= 4 is 6.09 Å². The van der Waals surface area contributed by atoms with Gasteiger partial charge in [0.15, 0.2) is 5.82 Å². The van der Waals surface area contributed by atoms with Crippen LogP contribution in [0.15, 0.2) is 47.5 Å². The summed E-state index contributed by atoms with van der Waals surface area (Å²) in [6.07, 6.45) is 2.86. The van der Waals surface area contributed by atoms with Crippen molar-refractivity contribution in [3.63, 3.8) is 0 Å². The summed E-state index contributed by atoms with van der Waals surface area (Å²) in [5, 5.41) is 10.8. The molecule has 1 aromatic carbocycles. The summed E-state index contributed by atoms with van der Waals surface area (Å²) in [7, 11) is 0. The monoisotopic (exact) mass is 370 g/mol. The molecule has 0 aliphatic rings. The quantitative estimate of drug-likeness (QED) is 0.710. The molecule has 1 amide bonds. The van der Waals surface area contributed by atoms with Crippen LogP contribution in [0.1, 0.15) is 44.1 Å². The Kier molecular flexibility index (Phi) is 5.49. The minimum atomic E-state index is -0.583. The Hall–Kier alpha value is -3.23. The highest BCUT2D eigenvalue weighted by Gasteiger charge is 2.22. The first kappa shape index (κ1) is 18.6. The number of carbonyl (C=O) groups excluding carboxylic acids is 1. The van der Waals surface area contributed by atoms with Crippen molar-refractivity contribution in [1.82, 2.24) is 30.2 Å². The third-order valence-electron chi connectivity index (χ3n) is 3.55. The molecule has 1 atom stereocenters. The number of benzene rings is 1. The molecule has 9 heteroatoms. The minimum absolute atomic E-state index is 0.341. The standard InChI is InChI=1S/C18H22N6O3/c1-18(2,3)26-17(25)21-14(13-7-5-4-6-8-13)9-16-22-15(23-27-16)10-24-12-19-11-20-24/h4-8,11-12,14H,9-10H2,1-3H3,(H,21,25). The zero-order chi connectivity index (χ0) is 19.3. The van der Waals surface area contributed by atoms with Crippen molar-refractivity contribution in [1.29, 1.82) is 0 Å². The molecular formula is C18H22N6O3. The van der Waals surface area contributed by atoms with E-state index in [1.807, 2.05) is 51.1 Å². The van der Waals surface area contributed by atoms with Crippen LogP contribution in [0.5, 0.6) is 0 Å². The third-order valence-corrected chi connectivity index (χ3v) is 3.55. The van der Waals surface area contributed by atoms with Gasteiger partial charge < -0.3 is 14.6 Å². The fourth-order valence-electron chi connectivity index (χ4n) is 2.46. The van der Waals surface area contributed by atoms with Gasteiger partial charge in [-0.1, -0.05) is 35.5 Å². The summed E-state index contributed by atoms with van der Waals surface area (Å²) in [6.45, 7) is 5.81. The molecule has 1 N–H and O–H groups in total. The highest BCUT2D eigenvalue weighted by molar-refractivity contribution is 5.68. The van der Waals surface area contributed by atoms with E-state index in [0.29, 0.717) is 24.7 Å². The molecule has 0 fully saturated rings. The third kappa shape index (κ3) is 5.63. The second kappa shape index (κ2) is 7.98. The molecule has 0 saturated carbocycles. The van der Waals surface area contributed by atoms with E-state index in [1.54, 1.807) is 11.0 Å². The predicted molar refractivity (Wildman–Crippen MR) is 95.7 cm³/mol. The van der Waals surface area contributed by atoms with Gasteiger partial charge in [0, 0.05) is 0 Å². The lowest BCUT2D eigenvalue weighted by molar-refractivity contribution is 0.0501. The molecule has 2 heterocycles. The topological polar surface area (TPSA) is 108 Å². The van der Waals surface area contributed by atoms with Gasteiger partial charge in [0.25, 0.3) is 0 Å². The van der Waals surface area contributed by atoms with Gasteiger partial charge in [-0.25, -0.2) is 14.5 Å². The fourth-order valence-corrected chi connectivity index (χ4v) is 2.46. The van der Waals surface area contributed by atoms with Gasteiger partial charge in [-0.05, 0) is 26.3 Å². The maximum absolute atomic E-state index is 12.2. The number of nitrogens with zero attached hydrogens (tertiary/aromatic N) is 5. The highest BCUT2D eigenvalue weighted by Crippen LogP contribution is 2.19. The second-order valence-corrected chi connectivity index (χ2v) is 7.01. The van der Waals surface area contributed by atoms with Gasteiger partial charge in [-0.15, -0.1) is 0 Å². The molecule has 0 bridgehead atoms. The number of carbonyl (C=O) groups is 1. The Morgan fingerprint density at radius 3 is 2.74 bits per heavy atom. The van der Waals surface area contributed by atoms with Gasteiger partial charge in [0.1, 0.15) is 24.8 Å². The smallest absolute Gasteiger partial charge is 0.408 e. The zero-order valence-corrected chi connectivity index (χ0v) is 15.5. The Morgan fingerprint density at radius 1 is 1.30 bits per heavy atom. The number of hydrogen-bond donors (Lipinski definition) is 1. The van der Waals surface area contributed by atoms with Crippen LogP contribution < -0.4 is 5.32 Å². The number of aromatic nitrogens is 5. The summed E-state index contributed by atoms with van der Waals surface area (Å²) in [4.78, 5) is 20.5. The van der Waals surface area contributed by atoms with Crippen molar-refractivity contribution in [2.75, 3.05) is 0 Å². The van der Waals surface area contributed by atoms with Crippen molar-refractivity contribution in [3.8, 4) is 0 Å². The predicted octanol–water partition coefficient (Wildman–Crippen LogP) is 2.52. The van der Waals surface area contributed by atoms with E-state index < -0.39 is 11.7 Å². The first-order valence-corrected chi connectivity index (χ1v) is 8.57. The van der Waals surface area contributed by atoms with E-state index in [0.717, 1.165) is 5.56 Å². The van der Waals surface area contributed by atoms with E-state index in [9.17, 15) is 4.79 Å². The van der Waals surface area contributed by atoms with Crippen molar-refractivity contribution in [3.05, 3.63) is 60.3 Å². The van der Waals surface area contributed by atoms with E-state index in [2.05, 4.69) is 25.5 Å². The second-order valence-electron chi connectivity index (χ2n) is 7.01. The Balaban J connectivity index is 1.71. The molecule has 0 spiro atoms. The summed E-state index contributed by atoms with van der Waals surface area (Å²) in [5.41, 5.74) is 0.334. The molecule has 9 nitrogen and oxygen atoms in total. The van der Waals surface area contributed by atoms with E-state index in [1.165, 1.54) is 6.33 Å². The van der Waals surface area contributed by atoms with Gasteiger partial charge in [-0.2, -0.15) is 10.1 Å². The van der Waals surface area contributed by atoms with Crippen molar-refractivity contribution in [2.24, 2.45) is 0 Å². The number of amides is 1. The molecule has 2 aromatic heterocycles. The lowest BCUT2D eigenvalue weighted by Gasteiger charge is -2.23. The molecule has 3 rings (SSSR count). The summed E-state index contributed by atoms with van der Waals surface area (Å²) >= 11 is 0. The SMILES string of the molecule is CC(C)(C)OC(=O)NC(Cc1nc(Cn2cncn2)no1)c1ccccc1. The largest absolute Gasteiger partial charge is 0.444 e. The molecular weight excluding hydrogens is 348 g/mol. The van der Waals surface area contributed by atoms with Crippen LogP contribution in [-0.2, 0) is 17.7 Å². The van der Waals surface area contributed by atoms with Crippen LogP contribution in [-0.4, -0.2) is 36.6 Å². The van der Waals surface area contributed by atoms with E-state index in [-0.39, 0.29) is 6.04 Å². The Labute approximate surface area is 156 Å². The molecule has 0 aliphatic heterocycles. The normalized spacial score (nSPS) is 12.6. The minimum Gasteiger partial charge on any atom is -0.444 e. The number of rotatable bonds is 6. The molecule has 27 heavy (non-hydrogen) atoms. The lowest BCUT2D eigenvalue weighted by Crippen LogP contribution is -2.35.